The fraction of sp³-hybridized carbons (Fsp3) is 0.429. The molecule has 0 radical (unpaired) electrons. The van der Waals surface area contributed by atoms with Crippen molar-refractivity contribution < 1.29 is 51.4 Å². The predicted octanol–water partition coefficient (Wildman–Crippen LogP) is 4.03. The average Bonchev–Trinajstić information content (AvgIpc) is 3.18. The van der Waals surface area contributed by atoms with Gasteiger partial charge in [-0.1, -0.05) is 92.7 Å². The SMILES string of the molecule is CCOC(=O)CCC(C=CS(C)(=O)=O)NC(=O)C(NC(=O)C(Cc1cccc2ccccc12)NC(=O)C(CCC(=O)OCC)NC(=O)OCc1ccccc1)C(C)C. The van der Waals surface area contributed by atoms with Crippen molar-refractivity contribution in [2.75, 3.05) is 19.5 Å². The van der Waals surface area contributed by atoms with Gasteiger partial charge < -0.3 is 35.5 Å². The minimum atomic E-state index is -3.59. The van der Waals surface area contributed by atoms with Crippen molar-refractivity contribution in [3.63, 3.8) is 0 Å². The summed E-state index contributed by atoms with van der Waals surface area (Å²) in [5, 5.41) is 13.4. The second-order valence-electron chi connectivity index (χ2n) is 13.9. The number of esters is 2. The first kappa shape index (κ1) is 46.6. The summed E-state index contributed by atoms with van der Waals surface area (Å²) in [5.74, 6) is -3.82. The molecular formula is C42H54N4O11S. The number of benzene rings is 3. The molecule has 0 aliphatic rings. The van der Waals surface area contributed by atoms with Gasteiger partial charge in [-0.2, -0.15) is 0 Å². The Kier molecular flexibility index (Phi) is 18.9. The molecule has 4 N–H and O–H groups in total. The van der Waals surface area contributed by atoms with E-state index in [1.54, 1.807) is 58.0 Å². The molecule has 0 spiro atoms. The number of fused-ring (bicyclic) bond motifs is 1. The zero-order valence-corrected chi connectivity index (χ0v) is 34.3. The van der Waals surface area contributed by atoms with E-state index >= 15 is 0 Å². The first-order chi connectivity index (χ1) is 27.6. The van der Waals surface area contributed by atoms with Gasteiger partial charge >= 0.3 is 18.0 Å². The second kappa shape index (κ2) is 23.5. The lowest BCUT2D eigenvalue weighted by molar-refractivity contribution is -0.144. The molecule has 0 aliphatic carbocycles. The number of alkyl carbamates (subject to hydrolysis) is 1. The molecule has 4 atom stereocenters. The van der Waals surface area contributed by atoms with Crippen molar-refractivity contribution in [2.24, 2.45) is 5.92 Å². The average molecular weight is 823 g/mol. The maximum Gasteiger partial charge on any atom is 0.408 e. The van der Waals surface area contributed by atoms with Gasteiger partial charge in [0.15, 0.2) is 9.84 Å². The third-order valence-electron chi connectivity index (χ3n) is 8.80. The number of carbonyl (C=O) groups excluding carboxylic acids is 6. The lowest BCUT2D eigenvalue weighted by Gasteiger charge is -2.28. The lowest BCUT2D eigenvalue weighted by atomic mass is 9.96. The standard InChI is InChI=1S/C42H54N4O11S/c1-6-55-36(47)22-20-32(24-25-58(5,53)54)43-41(51)38(28(3)4)46-40(50)35(26-31-18-13-17-30-16-11-12-19-33(30)31)44-39(49)34(21-23-37(48)56-7-2)45-42(52)57-27-29-14-9-8-10-15-29/h8-19,24-25,28,32,34-35,38H,6-7,20-23,26-27H2,1-5H3,(H,43,51)(H,44,49)(H,45,52)(H,46,50). The summed E-state index contributed by atoms with van der Waals surface area (Å²) in [6, 6.07) is 17.2. The van der Waals surface area contributed by atoms with Crippen molar-refractivity contribution >= 4 is 56.4 Å². The van der Waals surface area contributed by atoms with Gasteiger partial charge in [0.2, 0.25) is 17.7 Å². The number of amides is 4. The number of carbonyl (C=O) groups is 6. The monoisotopic (exact) mass is 822 g/mol. The summed E-state index contributed by atoms with van der Waals surface area (Å²) in [5.41, 5.74) is 1.41. The van der Waals surface area contributed by atoms with Gasteiger partial charge in [0, 0.05) is 37.0 Å². The molecule has 3 aromatic carbocycles. The molecule has 4 unspecified atom stereocenters. The lowest BCUT2D eigenvalue weighted by Crippen LogP contribution is -2.59. The van der Waals surface area contributed by atoms with Crippen LogP contribution in [0.15, 0.2) is 84.3 Å². The zero-order valence-electron chi connectivity index (χ0n) is 33.5. The maximum atomic E-state index is 14.3. The van der Waals surface area contributed by atoms with Crippen LogP contribution in [0.1, 0.15) is 64.5 Å². The Hall–Kier alpha value is -5.77. The summed E-state index contributed by atoms with van der Waals surface area (Å²) >= 11 is 0. The van der Waals surface area contributed by atoms with Crippen molar-refractivity contribution in [3.8, 4) is 0 Å². The number of rotatable bonds is 22. The van der Waals surface area contributed by atoms with Crippen LogP contribution in [0.2, 0.25) is 0 Å². The maximum absolute atomic E-state index is 14.3. The van der Waals surface area contributed by atoms with Gasteiger partial charge in [0.25, 0.3) is 0 Å². The third kappa shape index (κ3) is 16.4. The van der Waals surface area contributed by atoms with Crippen LogP contribution in [0.25, 0.3) is 10.8 Å². The van der Waals surface area contributed by atoms with E-state index in [-0.39, 0.29) is 51.9 Å². The Morgan fingerprint density at radius 1 is 0.672 bits per heavy atom. The van der Waals surface area contributed by atoms with Gasteiger partial charge in [0.1, 0.15) is 24.7 Å². The highest BCUT2D eigenvalue weighted by Crippen LogP contribution is 2.20. The van der Waals surface area contributed by atoms with Crippen LogP contribution in [0.3, 0.4) is 0 Å². The topological polar surface area (TPSA) is 212 Å². The molecule has 16 heteroatoms. The van der Waals surface area contributed by atoms with Gasteiger partial charge in [-0.3, -0.25) is 24.0 Å². The molecule has 0 heterocycles. The van der Waals surface area contributed by atoms with E-state index in [1.165, 1.54) is 6.08 Å². The summed E-state index contributed by atoms with van der Waals surface area (Å²) in [7, 11) is -3.59. The third-order valence-corrected chi connectivity index (χ3v) is 9.45. The first-order valence-corrected chi connectivity index (χ1v) is 21.1. The number of hydrogen-bond donors (Lipinski definition) is 4. The molecule has 0 fully saturated rings. The highest BCUT2D eigenvalue weighted by molar-refractivity contribution is 7.93. The molecule has 3 aromatic rings. The van der Waals surface area contributed by atoms with Crippen LogP contribution in [-0.2, 0) is 61.0 Å². The molecule has 3 rings (SSSR count). The summed E-state index contributed by atoms with van der Waals surface area (Å²) in [6.45, 7) is 6.84. The van der Waals surface area contributed by atoms with E-state index in [2.05, 4.69) is 21.3 Å². The fourth-order valence-electron chi connectivity index (χ4n) is 5.87. The van der Waals surface area contributed by atoms with Gasteiger partial charge in [-0.15, -0.1) is 0 Å². The van der Waals surface area contributed by atoms with Crippen molar-refractivity contribution in [1.29, 1.82) is 0 Å². The van der Waals surface area contributed by atoms with Crippen LogP contribution in [0, 0.1) is 5.92 Å². The Bertz CT molecular complexity index is 2000. The van der Waals surface area contributed by atoms with E-state index in [0.717, 1.165) is 22.4 Å². The van der Waals surface area contributed by atoms with Crippen LogP contribution >= 0.6 is 0 Å². The number of sulfone groups is 1. The molecular weight excluding hydrogens is 769 g/mol. The minimum Gasteiger partial charge on any atom is -0.466 e. The number of hydrogen-bond acceptors (Lipinski definition) is 11. The quantitative estimate of drug-likeness (QED) is 0.0839. The van der Waals surface area contributed by atoms with Gasteiger partial charge in [-0.25, -0.2) is 13.2 Å². The Morgan fingerprint density at radius 3 is 1.91 bits per heavy atom. The molecule has 0 saturated carbocycles. The Balaban J connectivity index is 1.92. The summed E-state index contributed by atoms with van der Waals surface area (Å²) in [4.78, 5) is 79.5. The van der Waals surface area contributed by atoms with Gasteiger partial charge in [0.05, 0.1) is 13.2 Å². The van der Waals surface area contributed by atoms with E-state index in [0.29, 0.717) is 11.1 Å². The zero-order chi connectivity index (χ0) is 42.7. The first-order valence-electron chi connectivity index (χ1n) is 19.1. The van der Waals surface area contributed by atoms with E-state index in [9.17, 15) is 37.2 Å². The molecule has 314 valence electrons. The van der Waals surface area contributed by atoms with Crippen LogP contribution in [0.4, 0.5) is 4.79 Å². The van der Waals surface area contributed by atoms with Crippen LogP contribution in [-0.4, -0.2) is 87.8 Å². The van der Waals surface area contributed by atoms with E-state index in [4.69, 9.17) is 14.2 Å². The molecule has 0 saturated heterocycles. The fourth-order valence-corrected chi connectivity index (χ4v) is 6.34. The molecule has 4 amide bonds. The minimum absolute atomic E-state index is 0.0170. The molecule has 15 nitrogen and oxygen atoms in total. The number of nitrogens with one attached hydrogen (secondary N) is 4. The highest BCUT2D eigenvalue weighted by Gasteiger charge is 2.32. The molecule has 0 bridgehead atoms. The normalized spacial score (nSPS) is 13.5. The summed E-state index contributed by atoms with van der Waals surface area (Å²) in [6.07, 6.45) is 0.766. The van der Waals surface area contributed by atoms with E-state index < -0.39 is 75.7 Å². The summed E-state index contributed by atoms with van der Waals surface area (Å²) < 4.78 is 39.2. The molecule has 0 aliphatic heterocycles. The Morgan fingerprint density at radius 2 is 1.28 bits per heavy atom. The van der Waals surface area contributed by atoms with Crippen LogP contribution in [0.5, 0.6) is 0 Å². The predicted molar refractivity (Wildman–Crippen MR) is 218 cm³/mol. The second-order valence-corrected chi connectivity index (χ2v) is 15.8. The smallest absolute Gasteiger partial charge is 0.408 e. The van der Waals surface area contributed by atoms with Crippen LogP contribution < -0.4 is 21.3 Å². The highest BCUT2D eigenvalue weighted by atomic mass is 32.2. The van der Waals surface area contributed by atoms with Crippen molar-refractivity contribution in [3.05, 3.63) is 95.4 Å². The molecule has 58 heavy (non-hydrogen) atoms. The van der Waals surface area contributed by atoms with Crippen molar-refractivity contribution in [2.45, 2.75) is 90.6 Å². The molecule has 0 aromatic heterocycles. The van der Waals surface area contributed by atoms with E-state index in [1.807, 2.05) is 42.5 Å². The number of ether oxygens (including phenoxy) is 3. The Labute approximate surface area is 339 Å². The largest absolute Gasteiger partial charge is 0.466 e. The van der Waals surface area contributed by atoms with Crippen molar-refractivity contribution in [1.82, 2.24) is 21.3 Å². The van der Waals surface area contributed by atoms with Gasteiger partial charge in [-0.05, 0) is 54.5 Å².